The second kappa shape index (κ2) is 4.67. The smallest absolute Gasteiger partial charge is 0.155 e. The number of carbonyl (C=O) groups is 1. The summed E-state index contributed by atoms with van der Waals surface area (Å²) in [5, 5.41) is 21.1. The molecule has 122 valence electrons. The fraction of sp³-hybridized carbons (Fsp3) is 0.842. The maximum Gasteiger partial charge on any atom is 0.155 e. The van der Waals surface area contributed by atoms with Gasteiger partial charge in [0.1, 0.15) is 0 Å². The number of rotatable bonds is 0. The number of fused-ring (bicyclic) bond motifs is 5. The van der Waals surface area contributed by atoms with Gasteiger partial charge in [0.15, 0.2) is 5.78 Å². The Labute approximate surface area is 132 Å². The standard InChI is InChI=1S/C19H28O3/c1-18-7-5-12(20)9-11(18)3-4-13-14(18)6-8-19(2)16(22)10-15(21)17(13)19/h9,13-17,21-22H,3-8,10H2,1-2H3/t13?,14-,15+,16-,17+,18?,19?/m0/s1. The number of aliphatic hydroxyl groups is 2. The molecular weight excluding hydrogens is 276 g/mol. The van der Waals surface area contributed by atoms with Gasteiger partial charge in [-0.05, 0) is 66.8 Å². The molecule has 0 aromatic rings. The molecule has 0 amide bonds. The van der Waals surface area contributed by atoms with E-state index in [-0.39, 0.29) is 29.0 Å². The molecule has 3 nitrogen and oxygen atoms in total. The number of hydrogen-bond acceptors (Lipinski definition) is 3. The monoisotopic (exact) mass is 304 g/mol. The summed E-state index contributed by atoms with van der Waals surface area (Å²) < 4.78 is 0. The van der Waals surface area contributed by atoms with E-state index in [2.05, 4.69) is 13.8 Å². The molecule has 4 aliphatic carbocycles. The molecule has 4 aliphatic rings. The molecule has 0 spiro atoms. The van der Waals surface area contributed by atoms with Gasteiger partial charge in [0, 0.05) is 12.8 Å². The van der Waals surface area contributed by atoms with Gasteiger partial charge in [0.05, 0.1) is 12.2 Å². The Morgan fingerprint density at radius 3 is 2.68 bits per heavy atom. The Hall–Kier alpha value is -0.670. The first-order chi connectivity index (χ1) is 10.4. The Balaban J connectivity index is 1.71. The van der Waals surface area contributed by atoms with Crippen LogP contribution >= 0.6 is 0 Å². The van der Waals surface area contributed by atoms with Crippen LogP contribution in [0.2, 0.25) is 0 Å². The lowest BCUT2D eigenvalue weighted by atomic mass is 9.47. The van der Waals surface area contributed by atoms with E-state index in [0.717, 1.165) is 32.1 Å². The molecule has 0 saturated heterocycles. The van der Waals surface area contributed by atoms with Crippen LogP contribution in [0.4, 0.5) is 0 Å². The van der Waals surface area contributed by atoms with Gasteiger partial charge in [-0.2, -0.15) is 0 Å². The SMILES string of the molecule is CC12CCC(=O)C=C1CCC1[C@@H]3[C@H](O)C[C@H](O)C3(C)CC[C@@H]12. The molecule has 0 aromatic heterocycles. The third-order valence-corrected chi connectivity index (χ3v) is 7.90. The molecule has 0 heterocycles. The van der Waals surface area contributed by atoms with Crippen molar-refractivity contribution in [2.45, 2.75) is 71.0 Å². The van der Waals surface area contributed by atoms with Crippen molar-refractivity contribution in [1.82, 2.24) is 0 Å². The average molecular weight is 304 g/mol. The Morgan fingerprint density at radius 2 is 1.91 bits per heavy atom. The Bertz CT molecular complexity index is 539. The Morgan fingerprint density at radius 1 is 1.14 bits per heavy atom. The van der Waals surface area contributed by atoms with Crippen molar-refractivity contribution < 1.29 is 15.0 Å². The number of hydrogen-bond donors (Lipinski definition) is 2. The fourth-order valence-corrected chi connectivity index (χ4v) is 6.59. The summed E-state index contributed by atoms with van der Waals surface area (Å²) in [7, 11) is 0. The highest BCUT2D eigenvalue weighted by molar-refractivity contribution is 5.91. The van der Waals surface area contributed by atoms with Crippen molar-refractivity contribution in [3.05, 3.63) is 11.6 Å². The highest BCUT2D eigenvalue weighted by atomic mass is 16.3. The van der Waals surface area contributed by atoms with Crippen molar-refractivity contribution in [2.24, 2.45) is 28.6 Å². The quantitative estimate of drug-likeness (QED) is 0.723. The van der Waals surface area contributed by atoms with Gasteiger partial charge in [0.2, 0.25) is 0 Å². The van der Waals surface area contributed by atoms with Crippen LogP contribution in [0.1, 0.15) is 58.8 Å². The van der Waals surface area contributed by atoms with E-state index in [9.17, 15) is 15.0 Å². The molecule has 3 heteroatoms. The van der Waals surface area contributed by atoms with E-state index >= 15 is 0 Å². The fourth-order valence-electron chi connectivity index (χ4n) is 6.59. The summed E-state index contributed by atoms with van der Waals surface area (Å²) in [6.07, 6.45) is 7.62. The van der Waals surface area contributed by atoms with E-state index < -0.39 is 0 Å². The van der Waals surface area contributed by atoms with Crippen LogP contribution in [0.25, 0.3) is 0 Å². The molecule has 0 aromatic carbocycles. The molecule has 7 atom stereocenters. The molecule has 3 fully saturated rings. The van der Waals surface area contributed by atoms with Crippen molar-refractivity contribution >= 4 is 5.78 Å². The van der Waals surface area contributed by atoms with Crippen LogP contribution in [0.5, 0.6) is 0 Å². The van der Waals surface area contributed by atoms with Gasteiger partial charge in [-0.1, -0.05) is 19.4 Å². The minimum atomic E-state index is -0.355. The molecule has 22 heavy (non-hydrogen) atoms. The molecule has 4 rings (SSSR count). The van der Waals surface area contributed by atoms with Crippen LogP contribution in [-0.4, -0.2) is 28.2 Å². The summed E-state index contributed by atoms with van der Waals surface area (Å²) in [4.78, 5) is 11.8. The highest BCUT2D eigenvalue weighted by Gasteiger charge is 2.61. The largest absolute Gasteiger partial charge is 0.393 e. The van der Waals surface area contributed by atoms with Gasteiger partial charge in [0.25, 0.3) is 0 Å². The lowest BCUT2D eigenvalue weighted by Gasteiger charge is -2.58. The van der Waals surface area contributed by atoms with Crippen molar-refractivity contribution in [2.75, 3.05) is 0 Å². The van der Waals surface area contributed by atoms with E-state index in [1.165, 1.54) is 5.57 Å². The van der Waals surface area contributed by atoms with Crippen LogP contribution < -0.4 is 0 Å². The first kappa shape index (κ1) is 14.9. The molecule has 0 radical (unpaired) electrons. The first-order valence-corrected chi connectivity index (χ1v) is 8.96. The summed E-state index contributed by atoms with van der Waals surface area (Å²) in [6.45, 7) is 4.54. The second-order valence-electron chi connectivity index (χ2n) is 8.75. The summed E-state index contributed by atoms with van der Waals surface area (Å²) in [6, 6.07) is 0. The molecule has 0 aliphatic heterocycles. The summed E-state index contributed by atoms with van der Waals surface area (Å²) >= 11 is 0. The van der Waals surface area contributed by atoms with Gasteiger partial charge in [-0.25, -0.2) is 0 Å². The van der Waals surface area contributed by atoms with E-state index in [1.807, 2.05) is 6.08 Å². The first-order valence-electron chi connectivity index (χ1n) is 8.96. The lowest BCUT2D eigenvalue weighted by molar-refractivity contribution is -0.119. The normalized spacial score (nSPS) is 54.3. The van der Waals surface area contributed by atoms with Crippen molar-refractivity contribution in [1.29, 1.82) is 0 Å². The van der Waals surface area contributed by atoms with E-state index in [4.69, 9.17) is 0 Å². The van der Waals surface area contributed by atoms with E-state index in [0.29, 0.717) is 30.5 Å². The van der Waals surface area contributed by atoms with Crippen LogP contribution in [0.15, 0.2) is 11.6 Å². The minimum absolute atomic E-state index is 0.108. The zero-order chi connectivity index (χ0) is 15.7. The zero-order valence-electron chi connectivity index (χ0n) is 13.7. The van der Waals surface area contributed by atoms with Gasteiger partial charge in [-0.3, -0.25) is 4.79 Å². The molecular formula is C19H28O3. The minimum Gasteiger partial charge on any atom is -0.393 e. The van der Waals surface area contributed by atoms with Crippen LogP contribution in [0.3, 0.4) is 0 Å². The van der Waals surface area contributed by atoms with Gasteiger partial charge < -0.3 is 10.2 Å². The highest BCUT2D eigenvalue weighted by Crippen LogP contribution is 2.65. The van der Waals surface area contributed by atoms with Crippen molar-refractivity contribution in [3.63, 3.8) is 0 Å². The predicted molar refractivity (Wildman–Crippen MR) is 84.1 cm³/mol. The average Bonchev–Trinajstić information content (AvgIpc) is 2.70. The lowest BCUT2D eigenvalue weighted by Crippen LogP contribution is -2.52. The van der Waals surface area contributed by atoms with Gasteiger partial charge >= 0.3 is 0 Å². The Kier molecular flexibility index (Phi) is 3.16. The second-order valence-corrected chi connectivity index (χ2v) is 8.75. The number of aliphatic hydroxyl groups excluding tert-OH is 2. The topological polar surface area (TPSA) is 57.5 Å². The third-order valence-electron chi connectivity index (χ3n) is 7.90. The zero-order valence-corrected chi connectivity index (χ0v) is 13.7. The summed E-state index contributed by atoms with van der Waals surface area (Å²) in [5.74, 6) is 1.60. The van der Waals surface area contributed by atoms with Crippen LogP contribution in [0, 0.1) is 28.6 Å². The molecule has 0 bridgehead atoms. The number of ketones is 1. The number of carbonyl (C=O) groups excluding carboxylic acids is 1. The maximum absolute atomic E-state index is 11.8. The van der Waals surface area contributed by atoms with Crippen molar-refractivity contribution in [3.8, 4) is 0 Å². The summed E-state index contributed by atoms with van der Waals surface area (Å²) in [5.41, 5.74) is 1.40. The maximum atomic E-state index is 11.8. The van der Waals surface area contributed by atoms with Gasteiger partial charge in [-0.15, -0.1) is 0 Å². The third kappa shape index (κ3) is 1.78. The van der Waals surface area contributed by atoms with E-state index in [1.54, 1.807) is 0 Å². The molecule has 3 unspecified atom stereocenters. The van der Waals surface area contributed by atoms with Crippen LogP contribution in [-0.2, 0) is 4.79 Å². The molecule has 2 N–H and O–H groups in total. The predicted octanol–water partition coefficient (Wildman–Crippen LogP) is 2.85. The molecule has 3 saturated carbocycles. The number of allylic oxidation sites excluding steroid dienone is 1.